The Morgan fingerprint density at radius 1 is 1.47 bits per heavy atom. The highest BCUT2D eigenvalue weighted by atomic mass is 32.1. The summed E-state index contributed by atoms with van der Waals surface area (Å²) in [7, 11) is 0. The molecule has 1 saturated heterocycles. The predicted octanol–water partition coefficient (Wildman–Crippen LogP) is 3.02. The molecule has 1 fully saturated rings. The van der Waals surface area contributed by atoms with Crippen molar-refractivity contribution in [3.8, 4) is 0 Å². The van der Waals surface area contributed by atoms with Gasteiger partial charge in [-0.15, -0.1) is 0 Å². The van der Waals surface area contributed by atoms with E-state index < -0.39 is 0 Å². The Kier molecular flexibility index (Phi) is 4.60. The first-order chi connectivity index (χ1) is 8.20. The Balaban J connectivity index is 1.89. The van der Waals surface area contributed by atoms with E-state index in [0.29, 0.717) is 6.04 Å². The highest BCUT2D eigenvalue weighted by molar-refractivity contribution is 7.08. The maximum atomic E-state index is 3.58. The summed E-state index contributed by atoms with van der Waals surface area (Å²) < 4.78 is 0. The molecular formula is C14H24N2S. The molecule has 0 bridgehead atoms. The van der Waals surface area contributed by atoms with Crippen LogP contribution in [-0.2, 0) is 6.54 Å². The SMILES string of the molecule is CCNC1CCN(Cc2cscc2C)C(C)C1. The van der Waals surface area contributed by atoms with E-state index in [2.05, 4.69) is 41.7 Å². The largest absolute Gasteiger partial charge is 0.314 e. The molecule has 3 heteroatoms. The van der Waals surface area contributed by atoms with E-state index in [1.807, 2.05) is 11.3 Å². The van der Waals surface area contributed by atoms with E-state index in [0.717, 1.165) is 19.1 Å². The number of likely N-dealkylation sites (tertiary alicyclic amines) is 1. The zero-order valence-electron chi connectivity index (χ0n) is 11.2. The lowest BCUT2D eigenvalue weighted by Gasteiger charge is -2.38. The lowest BCUT2D eigenvalue weighted by Crippen LogP contribution is -2.46. The van der Waals surface area contributed by atoms with Gasteiger partial charge in [0.2, 0.25) is 0 Å². The maximum Gasteiger partial charge on any atom is 0.0247 e. The van der Waals surface area contributed by atoms with Crippen molar-refractivity contribution in [1.29, 1.82) is 0 Å². The van der Waals surface area contributed by atoms with Crippen LogP contribution >= 0.6 is 11.3 Å². The van der Waals surface area contributed by atoms with Crippen molar-refractivity contribution in [3.05, 3.63) is 21.9 Å². The van der Waals surface area contributed by atoms with Crippen molar-refractivity contribution in [1.82, 2.24) is 10.2 Å². The quantitative estimate of drug-likeness (QED) is 0.886. The first-order valence-corrected chi connectivity index (χ1v) is 7.64. The third-order valence-electron chi connectivity index (χ3n) is 3.84. The van der Waals surface area contributed by atoms with Crippen LogP contribution in [0.3, 0.4) is 0 Å². The molecule has 1 aliphatic heterocycles. The minimum absolute atomic E-state index is 0.701. The van der Waals surface area contributed by atoms with Crippen LogP contribution in [0.2, 0.25) is 0 Å². The van der Waals surface area contributed by atoms with Crippen molar-refractivity contribution in [2.45, 2.75) is 52.2 Å². The monoisotopic (exact) mass is 252 g/mol. The van der Waals surface area contributed by atoms with Gasteiger partial charge in [0.25, 0.3) is 0 Å². The number of rotatable bonds is 4. The standard InChI is InChI=1S/C14H24N2S/c1-4-15-14-5-6-16(12(3)7-14)8-13-10-17-9-11(13)2/h9-10,12,14-15H,4-8H2,1-3H3. The fourth-order valence-electron chi connectivity index (χ4n) is 2.70. The third-order valence-corrected chi connectivity index (χ3v) is 4.75. The molecule has 96 valence electrons. The fraction of sp³-hybridized carbons (Fsp3) is 0.714. The number of hydrogen-bond donors (Lipinski definition) is 1. The Bertz CT molecular complexity index is 348. The van der Waals surface area contributed by atoms with Crippen molar-refractivity contribution in [2.75, 3.05) is 13.1 Å². The summed E-state index contributed by atoms with van der Waals surface area (Å²) in [5.74, 6) is 0. The molecule has 2 nitrogen and oxygen atoms in total. The van der Waals surface area contributed by atoms with Crippen molar-refractivity contribution in [3.63, 3.8) is 0 Å². The van der Waals surface area contributed by atoms with Crippen LogP contribution in [0.5, 0.6) is 0 Å². The first-order valence-electron chi connectivity index (χ1n) is 6.69. The summed E-state index contributed by atoms with van der Waals surface area (Å²) in [4.78, 5) is 2.63. The molecule has 0 amide bonds. The van der Waals surface area contributed by atoms with E-state index >= 15 is 0 Å². The van der Waals surface area contributed by atoms with Gasteiger partial charge in [-0.05, 0) is 55.1 Å². The number of thiophene rings is 1. The van der Waals surface area contributed by atoms with Crippen molar-refractivity contribution >= 4 is 11.3 Å². The molecule has 17 heavy (non-hydrogen) atoms. The molecule has 0 aromatic carbocycles. The van der Waals surface area contributed by atoms with Crippen molar-refractivity contribution < 1.29 is 0 Å². The van der Waals surface area contributed by atoms with Gasteiger partial charge in [0.05, 0.1) is 0 Å². The van der Waals surface area contributed by atoms with Crippen LogP contribution in [-0.4, -0.2) is 30.1 Å². The Labute approximate surface area is 109 Å². The van der Waals surface area contributed by atoms with E-state index in [9.17, 15) is 0 Å². The molecule has 2 rings (SSSR count). The van der Waals surface area contributed by atoms with Gasteiger partial charge in [-0.1, -0.05) is 6.92 Å². The van der Waals surface area contributed by atoms with Gasteiger partial charge in [-0.2, -0.15) is 11.3 Å². The highest BCUT2D eigenvalue weighted by Crippen LogP contribution is 2.22. The number of nitrogens with zero attached hydrogens (tertiary/aromatic N) is 1. The molecule has 0 saturated carbocycles. The zero-order chi connectivity index (χ0) is 12.3. The summed E-state index contributed by atoms with van der Waals surface area (Å²) in [6, 6.07) is 1.43. The van der Waals surface area contributed by atoms with Gasteiger partial charge in [-0.3, -0.25) is 4.90 Å². The molecule has 1 N–H and O–H groups in total. The van der Waals surface area contributed by atoms with Gasteiger partial charge < -0.3 is 5.32 Å². The number of hydrogen-bond acceptors (Lipinski definition) is 3. The number of aryl methyl sites for hydroxylation is 1. The third kappa shape index (κ3) is 3.30. The topological polar surface area (TPSA) is 15.3 Å². The van der Waals surface area contributed by atoms with E-state index in [1.165, 1.54) is 30.5 Å². The lowest BCUT2D eigenvalue weighted by molar-refractivity contribution is 0.129. The Hall–Kier alpha value is -0.380. The van der Waals surface area contributed by atoms with E-state index in [1.54, 1.807) is 0 Å². The van der Waals surface area contributed by atoms with Gasteiger partial charge in [-0.25, -0.2) is 0 Å². The summed E-state index contributed by atoms with van der Waals surface area (Å²) in [5.41, 5.74) is 2.97. The summed E-state index contributed by atoms with van der Waals surface area (Å²) >= 11 is 1.83. The molecule has 2 unspecified atom stereocenters. The highest BCUT2D eigenvalue weighted by Gasteiger charge is 2.24. The average molecular weight is 252 g/mol. The second kappa shape index (κ2) is 5.98. The first kappa shape index (κ1) is 13.1. The summed E-state index contributed by atoms with van der Waals surface area (Å²) in [5, 5.41) is 8.14. The Morgan fingerprint density at radius 3 is 2.88 bits per heavy atom. The number of piperidine rings is 1. The van der Waals surface area contributed by atoms with Gasteiger partial charge in [0, 0.05) is 25.2 Å². The normalized spacial score (nSPS) is 26.3. The molecule has 2 atom stereocenters. The second-order valence-electron chi connectivity index (χ2n) is 5.18. The van der Waals surface area contributed by atoms with Gasteiger partial charge in [0.1, 0.15) is 0 Å². The average Bonchev–Trinajstić information content (AvgIpc) is 2.69. The minimum atomic E-state index is 0.701. The molecule has 0 spiro atoms. The van der Waals surface area contributed by atoms with Crippen molar-refractivity contribution in [2.24, 2.45) is 0 Å². The minimum Gasteiger partial charge on any atom is -0.314 e. The second-order valence-corrected chi connectivity index (χ2v) is 5.92. The van der Waals surface area contributed by atoms with Gasteiger partial charge >= 0.3 is 0 Å². The van der Waals surface area contributed by atoms with Crippen LogP contribution in [0.15, 0.2) is 10.8 Å². The van der Waals surface area contributed by atoms with E-state index in [-0.39, 0.29) is 0 Å². The molecular weight excluding hydrogens is 228 g/mol. The zero-order valence-corrected chi connectivity index (χ0v) is 12.0. The summed E-state index contributed by atoms with van der Waals surface area (Å²) in [6.07, 6.45) is 2.58. The van der Waals surface area contributed by atoms with Crippen LogP contribution < -0.4 is 5.32 Å². The number of nitrogens with one attached hydrogen (secondary N) is 1. The smallest absolute Gasteiger partial charge is 0.0247 e. The molecule has 1 aromatic rings. The molecule has 0 radical (unpaired) electrons. The molecule has 1 aliphatic rings. The molecule has 2 heterocycles. The predicted molar refractivity (Wildman–Crippen MR) is 75.6 cm³/mol. The van der Waals surface area contributed by atoms with E-state index in [4.69, 9.17) is 0 Å². The van der Waals surface area contributed by atoms with Crippen LogP contribution in [0.4, 0.5) is 0 Å². The molecule has 1 aromatic heterocycles. The van der Waals surface area contributed by atoms with Crippen LogP contribution in [0.1, 0.15) is 37.8 Å². The fourth-order valence-corrected chi connectivity index (χ4v) is 3.55. The lowest BCUT2D eigenvalue weighted by atomic mass is 9.97. The maximum absolute atomic E-state index is 3.58. The van der Waals surface area contributed by atoms with Crippen LogP contribution in [0, 0.1) is 6.92 Å². The summed E-state index contributed by atoms with van der Waals surface area (Å²) in [6.45, 7) is 10.3. The van der Waals surface area contributed by atoms with Crippen LogP contribution in [0.25, 0.3) is 0 Å². The van der Waals surface area contributed by atoms with Gasteiger partial charge in [0.15, 0.2) is 0 Å². The molecule has 0 aliphatic carbocycles. The Morgan fingerprint density at radius 2 is 2.29 bits per heavy atom.